The van der Waals surface area contributed by atoms with Gasteiger partial charge in [0.1, 0.15) is 17.3 Å². The number of rotatable bonds is 5. The summed E-state index contributed by atoms with van der Waals surface area (Å²) in [6.45, 7) is -0.735. The van der Waals surface area contributed by atoms with Crippen molar-refractivity contribution in [1.82, 2.24) is 0 Å². The molecule has 0 heterocycles. The van der Waals surface area contributed by atoms with E-state index in [9.17, 15) is 23.6 Å². The predicted octanol–water partition coefficient (Wildman–Crippen LogP) is 4.30. The number of nitrogens with one attached hydrogen (secondary N) is 1. The lowest BCUT2D eigenvalue weighted by molar-refractivity contribution is -0.119. The maximum absolute atomic E-state index is 13.6. The van der Waals surface area contributed by atoms with E-state index in [1.807, 2.05) is 5.32 Å². The van der Waals surface area contributed by atoms with E-state index < -0.39 is 35.8 Å². The fraction of sp³-hybridized carbons (Fsp3) is 0.0455. The number of esters is 1. The van der Waals surface area contributed by atoms with Crippen molar-refractivity contribution in [2.75, 3.05) is 11.9 Å². The molecule has 0 saturated carbocycles. The Hall–Kier alpha value is -4.05. The minimum atomic E-state index is -0.942. The summed E-state index contributed by atoms with van der Waals surface area (Å²) in [6, 6.07) is 18.4. The van der Waals surface area contributed by atoms with Crippen LogP contribution in [0.5, 0.6) is 0 Å². The monoisotopic (exact) mass is 392 g/mol. The lowest BCUT2D eigenvalue weighted by Gasteiger charge is -2.11. The Morgan fingerprint density at radius 1 is 0.897 bits per heavy atom. The van der Waals surface area contributed by atoms with Crippen LogP contribution in [0, 0.1) is 23.0 Å². The Morgan fingerprint density at radius 3 is 2.21 bits per heavy atom. The minimum Gasteiger partial charge on any atom is -0.452 e. The summed E-state index contributed by atoms with van der Waals surface area (Å²) in [4.78, 5) is 24.4. The molecule has 3 aromatic rings. The van der Waals surface area contributed by atoms with Crippen molar-refractivity contribution in [3.8, 4) is 17.2 Å². The molecule has 0 unspecified atom stereocenters. The zero-order valence-corrected chi connectivity index (χ0v) is 15.0. The molecule has 3 rings (SSSR count). The van der Waals surface area contributed by atoms with Gasteiger partial charge in [-0.05, 0) is 29.8 Å². The van der Waals surface area contributed by atoms with Crippen LogP contribution in [0.1, 0.15) is 15.9 Å². The van der Waals surface area contributed by atoms with Crippen LogP contribution >= 0.6 is 0 Å². The first kappa shape index (κ1) is 19.7. The van der Waals surface area contributed by atoms with Gasteiger partial charge in [0.15, 0.2) is 6.61 Å². The molecule has 0 bridgehead atoms. The van der Waals surface area contributed by atoms with Crippen LogP contribution in [0.15, 0.2) is 66.7 Å². The molecular weight excluding hydrogens is 378 g/mol. The van der Waals surface area contributed by atoms with Crippen LogP contribution in [0.3, 0.4) is 0 Å². The number of nitriles is 1. The molecule has 0 radical (unpaired) electrons. The van der Waals surface area contributed by atoms with Gasteiger partial charge in [-0.3, -0.25) is 4.79 Å². The molecule has 5 nitrogen and oxygen atoms in total. The molecule has 0 aliphatic rings. The number of nitrogens with zero attached hydrogens (tertiary/aromatic N) is 1. The van der Waals surface area contributed by atoms with Crippen LogP contribution in [0.2, 0.25) is 0 Å². The van der Waals surface area contributed by atoms with Crippen LogP contribution < -0.4 is 5.32 Å². The van der Waals surface area contributed by atoms with Crippen molar-refractivity contribution in [2.24, 2.45) is 0 Å². The summed E-state index contributed by atoms with van der Waals surface area (Å²) < 4.78 is 32.2. The molecule has 144 valence electrons. The largest absolute Gasteiger partial charge is 0.452 e. The number of ether oxygens (including phenoxy) is 1. The lowest BCUT2D eigenvalue weighted by Crippen LogP contribution is -2.22. The first-order valence-corrected chi connectivity index (χ1v) is 8.50. The van der Waals surface area contributed by atoms with Crippen molar-refractivity contribution < 1.29 is 23.1 Å². The Balaban J connectivity index is 1.75. The predicted molar refractivity (Wildman–Crippen MR) is 102 cm³/mol. The molecule has 0 aliphatic carbocycles. The van der Waals surface area contributed by atoms with E-state index >= 15 is 0 Å². The first-order chi connectivity index (χ1) is 14.0. The van der Waals surface area contributed by atoms with E-state index in [1.54, 1.807) is 42.5 Å². The number of anilines is 1. The van der Waals surface area contributed by atoms with Crippen LogP contribution in [0.4, 0.5) is 14.5 Å². The zero-order chi connectivity index (χ0) is 20.8. The molecule has 7 heteroatoms. The zero-order valence-electron chi connectivity index (χ0n) is 15.0. The standard InChI is InChI=1S/C22H14F2N2O3/c23-18-10-5-11-19(24)21(18)26-20(27)13-29-22(28)17-9-4-3-8-16(17)15-7-2-1-6-14(15)12-25/h1-11H,13H2,(H,26,27). The van der Waals surface area contributed by atoms with Crippen LogP contribution in [-0.2, 0) is 9.53 Å². The first-order valence-electron chi connectivity index (χ1n) is 8.50. The second kappa shape index (κ2) is 8.76. The van der Waals surface area contributed by atoms with E-state index in [-0.39, 0.29) is 5.56 Å². The van der Waals surface area contributed by atoms with Crippen molar-refractivity contribution in [3.05, 3.63) is 89.5 Å². The van der Waals surface area contributed by atoms with E-state index in [0.717, 1.165) is 18.2 Å². The van der Waals surface area contributed by atoms with Gasteiger partial charge in [-0.25, -0.2) is 13.6 Å². The molecule has 0 saturated heterocycles. The Labute approximate surface area is 165 Å². The Kier molecular flexibility index (Phi) is 5.95. The SMILES string of the molecule is N#Cc1ccccc1-c1ccccc1C(=O)OCC(=O)Nc1c(F)cccc1F. The highest BCUT2D eigenvalue weighted by atomic mass is 19.1. The summed E-state index contributed by atoms with van der Waals surface area (Å²) in [5, 5.41) is 11.3. The summed E-state index contributed by atoms with van der Waals surface area (Å²) in [5.74, 6) is -3.58. The van der Waals surface area contributed by atoms with Gasteiger partial charge in [0.05, 0.1) is 17.2 Å². The molecule has 29 heavy (non-hydrogen) atoms. The van der Waals surface area contributed by atoms with Crippen molar-refractivity contribution in [2.45, 2.75) is 0 Å². The highest BCUT2D eigenvalue weighted by molar-refractivity contribution is 6.00. The van der Waals surface area contributed by atoms with Gasteiger partial charge >= 0.3 is 5.97 Å². The second-order valence-electron chi connectivity index (χ2n) is 5.92. The third-order valence-corrected chi connectivity index (χ3v) is 4.05. The van der Waals surface area contributed by atoms with Crippen molar-refractivity contribution in [1.29, 1.82) is 5.26 Å². The van der Waals surface area contributed by atoms with Crippen molar-refractivity contribution in [3.63, 3.8) is 0 Å². The van der Waals surface area contributed by atoms with E-state index in [4.69, 9.17) is 4.74 Å². The number of hydrogen-bond acceptors (Lipinski definition) is 4. The Morgan fingerprint density at radius 2 is 1.52 bits per heavy atom. The second-order valence-corrected chi connectivity index (χ2v) is 5.92. The summed E-state index contributed by atoms with van der Waals surface area (Å²) in [6.07, 6.45) is 0. The summed E-state index contributed by atoms with van der Waals surface area (Å²) >= 11 is 0. The minimum absolute atomic E-state index is 0.153. The number of halogens is 2. The third-order valence-electron chi connectivity index (χ3n) is 4.05. The van der Waals surface area contributed by atoms with Gasteiger partial charge < -0.3 is 10.1 Å². The quantitative estimate of drug-likeness (QED) is 0.657. The van der Waals surface area contributed by atoms with E-state index in [1.165, 1.54) is 6.07 Å². The van der Waals surface area contributed by atoms with Crippen LogP contribution in [-0.4, -0.2) is 18.5 Å². The number of benzene rings is 3. The number of hydrogen-bond donors (Lipinski definition) is 1. The van der Waals surface area contributed by atoms with Gasteiger partial charge in [0.2, 0.25) is 0 Å². The smallest absolute Gasteiger partial charge is 0.339 e. The average molecular weight is 392 g/mol. The number of para-hydroxylation sites is 1. The maximum Gasteiger partial charge on any atom is 0.339 e. The molecule has 1 N–H and O–H groups in total. The highest BCUT2D eigenvalue weighted by Crippen LogP contribution is 2.27. The molecular formula is C22H14F2N2O3. The number of amides is 1. The van der Waals surface area contributed by atoms with E-state index in [0.29, 0.717) is 16.7 Å². The Bertz CT molecular complexity index is 1100. The number of carbonyl (C=O) groups is 2. The summed E-state index contributed by atoms with van der Waals surface area (Å²) in [5.41, 5.74) is 0.924. The number of carbonyl (C=O) groups excluding carboxylic acids is 2. The molecule has 0 fully saturated rings. The van der Waals surface area contributed by atoms with Crippen molar-refractivity contribution >= 4 is 17.6 Å². The maximum atomic E-state index is 13.6. The van der Waals surface area contributed by atoms with Gasteiger partial charge in [0.25, 0.3) is 5.91 Å². The fourth-order valence-electron chi connectivity index (χ4n) is 2.71. The average Bonchev–Trinajstić information content (AvgIpc) is 2.74. The molecule has 0 aromatic heterocycles. The topological polar surface area (TPSA) is 79.2 Å². The summed E-state index contributed by atoms with van der Waals surface area (Å²) in [7, 11) is 0. The molecule has 0 spiro atoms. The highest BCUT2D eigenvalue weighted by Gasteiger charge is 2.18. The molecule has 0 atom stereocenters. The third kappa shape index (κ3) is 4.45. The molecule has 1 amide bonds. The normalized spacial score (nSPS) is 10.1. The van der Waals surface area contributed by atoms with E-state index in [2.05, 4.69) is 6.07 Å². The molecule has 3 aromatic carbocycles. The van der Waals surface area contributed by atoms with Gasteiger partial charge in [-0.1, -0.05) is 42.5 Å². The van der Waals surface area contributed by atoms with Crippen LogP contribution in [0.25, 0.3) is 11.1 Å². The fourth-order valence-corrected chi connectivity index (χ4v) is 2.71. The lowest BCUT2D eigenvalue weighted by atomic mass is 9.96. The molecule has 0 aliphatic heterocycles. The van der Waals surface area contributed by atoms with Gasteiger partial charge in [-0.2, -0.15) is 5.26 Å². The van der Waals surface area contributed by atoms with Gasteiger partial charge in [0, 0.05) is 5.56 Å². The van der Waals surface area contributed by atoms with Gasteiger partial charge in [-0.15, -0.1) is 0 Å².